The number of hydrogen-bond donors (Lipinski definition) is 0. The van der Waals surface area contributed by atoms with Gasteiger partial charge in [0.05, 0.1) is 0 Å². The zero-order chi connectivity index (χ0) is 16.8. The largest absolute Gasteiger partial charge is 0.426 e. The summed E-state index contributed by atoms with van der Waals surface area (Å²) in [5.74, 6) is 1.07. The standard InChI is InChI=1S/C15H25N5O3/c1-4-18(5-2)15(22)20-10-8-19(9-11-20)14(21)7-6-13-17-16-12(3)23-13/h4-11H2,1-3H3. The summed E-state index contributed by atoms with van der Waals surface area (Å²) in [6.45, 7) is 9.41. The van der Waals surface area contributed by atoms with Crippen LogP contribution in [-0.4, -0.2) is 76.1 Å². The van der Waals surface area contributed by atoms with Gasteiger partial charge in [-0.3, -0.25) is 4.79 Å². The molecule has 3 amide bonds. The molecular formula is C15H25N5O3. The minimum Gasteiger partial charge on any atom is -0.426 e. The van der Waals surface area contributed by atoms with Crippen molar-refractivity contribution in [2.24, 2.45) is 0 Å². The van der Waals surface area contributed by atoms with Crippen molar-refractivity contribution >= 4 is 11.9 Å². The van der Waals surface area contributed by atoms with Gasteiger partial charge in [-0.1, -0.05) is 0 Å². The Labute approximate surface area is 136 Å². The minimum atomic E-state index is 0.0587. The fourth-order valence-corrected chi connectivity index (χ4v) is 2.65. The summed E-state index contributed by atoms with van der Waals surface area (Å²) >= 11 is 0. The highest BCUT2D eigenvalue weighted by Gasteiger charge is 2.26. The van der Waals surface area contributed by atoms with Crippen LogP contribution in [0, 0.1) is 6.92 Å². The van der Waals surface area contributed by atoms with Crippen molar-refractivity contribution in [2.45, 2.75) is 33.6 Å². The molecule has 1 saturated heterocycles. The summed E-state index contributed by atoms with van der Waals surface area (Å²) in [5, 5.41) is 7.64. The number of carbonyl (C=O) groups is 2. The molecule has 0 unspecified atom stereocenters. The van der Waals surface area contributed by atoms with E-state index in [1.165, 1.54) is 0 Å². The van der Waals surface area contributed by atoms with Crippen LogP contribution >= 0.6 is 0 Å². The predicted octanol–water partition coefficient (Wildman–Crippen LogP) is 0.917. The molecule has 0 saturated carbocycles. The Kier molecular flexibility index (Phi) is 5.95. The monoisotopic (exact) mass is 323 g/mol. The smallest absolute Gasteiger partial charge is 0.320 e. The summed E-state index contributed by atoms with van der Waals surface area (Å²) < 4.78 is 5.27. The SMILES string of the molecule is CCN(CC)C(=O)N1CCN(C(=O)CCc2nnc(C)o2)CC1. The van der Waals surface area contributed by atoms with Crippen molar-refractivity contribution in [2.75, 3.05) is 39.3 Å². The van der Waals surface area contributed by atoms with Crippen LogP contribution in [0.3, 0.4) is 0 Å². The second-order valence-electron chi connectivity index (χ2n) is 5.54. The molecule has 8 nitrogen and oxygen atoms in total. The number of hydrogen-bond acceptors (Lipinski definition) is 5. The third-order valence-electron chi connectivity index (χ3n) is 4.06. The van der Waals surface area contributed by atoms with Gasteiger partial charge in [0.15, 0.2) is 0 Å². The third-order valence-corrected chi connectivity index (χ3v) is 4.06. The molecule has 0 spiro atoms. The van der Waals surface area contributed by atoms with Crippen LogP contribution in [0.25, 0.3) is 0 Å². The molecule has 2 rings (SSSR count). The van der Waals surface area contributed by atoms with Crippen LogP contribution in [0.1, 0.15) is 32.0 Å². The molecule has 0 aromatic carbocycles. The molecule has 0 radical (unpaired) electrons. The topological polar surface area (TPSA) is 82.8 Å². The third kappa shape index (κ3) is 4.43. The average Bonchev–Trinajstić information content (AvgIpc) is 2.99. The quantitative estimate of drug-likeness (QED) is 0.804. The highest BCUT2D eigenvalue weighted by Crippen LogP contribution is 2.09. The Balaban J connectivity index is 1.77. The Morgan fingerprint density at radius 2 is 1.70 bits per heavy atom. The molecule has 1 aliphatic rings. The highest BCUT2D eigenvalue weighted by molar-refractivity contribution is 5.77. The van der Waals surface area contributed by atoms with Crippen LogP contribution in [0.5, 0.6) is 0 Å². The van der Waals surface area contributed by atoms with Gasteiger partial charge in [0.2, 0.25) is 17.7 Å². The van der Waals surface area contributed by atoms with Gasteiger partial charge in [-0.05, 0) is 13.8 Å². The van der Waals surface area contributed by atoms with Gasteiger partial charge in [-0.2, -0.15) is 0 Å². The number of urea groups is 1. The zero-order valence-electron chi connectivity index (χ0n) is 14.1. The summed E-state index contributed by atoms with van der Waals surface area (Å²) in [7, 11) is 0. The molecule has 0 N–H and O–H groups in total. The summed E-state index contributed by atoms with van der Waals surface area (Å²) in [6, 6.07) is 0.0587. The number of rotatable bonds is 5. The van der Waals surface area contributed by atoms with Crippen molar-refractivity contribution < 1.29 is 14.0 Å². The first-order chi connectivity index (χ1) is 11.0. The van der Waals surface area contributed by atoms with Gasteiger partial charge in [-0.25, -0.2) is 4.79 Å². The number of aromatic nitrogens is 2. The average molecular weight is 323 g/mol. The van der Waals surface area contributed by atoms with Crippen LogP contribution < -0.4 is 0 Å². The van der Waals surface area contributed by atoms with Crippen LogP contribution in [0.4, 0.5) is 4.79 Å². The molecule has 1 aromatic heterocycles. The Bertz CT molecular complexity index is 533. The number of amides is 3. The van der Waals surface area contributed by atoms with Crippen molar-refractivity contribution in [1.82, 2.24) is 24.9 Å². The van der Waals surface area contributed by atoms with Crippen molar-refractivity contribution in [3.63, 3.8) is 0 Å². The summed E-state index contributed by atoms with van der Waals surface area (Å²) in [5.41, 5.74) is 0. The van der Waals surface area contributed by atoms with Crippen LogP contribution in [0.15, 0.2) is 4.42 Å². The maximum atomic E-state index is 12.3. The van der Waals surface area contributed by atoms with E-state index in [4.69, 9.17) is 4.42 Å². The zero-order valence-corrected chi connectivity index (χ0v) is 14.1. The van der Waals surface area contributed by atoms with Crippen molar-refractivity contribution in [3.8, 4) is 0 Å². The number of piperazine rings is 1. The van der Waals surface area contributed by atoms with E-state index in [2.05, 4.69) is 10.2 Å². The first kappa shape index (κ1) is 17.2. The second kappa shape index (κ2) is 7.94. The van der Waals surface area contributed by atoms with E-state index in [0.717, 1.165) is 0 Å². The molecule has 0 atom stereocenters. The van der Waals surface area contributed by atoms with Gasteiger partial charge < -0.3 is 19.1 Å². The van der Waals surface area contributed by atoms with Crippen molar-refractivity contribution in [3.05, 3.63) is 11.8 Å². The van der Waals surface area contributed by atoms with E-state index in [9.17, 15) is 9.59 Å². The van der Waals surface area contributed by atoms with Crippen LogP contribution in [-0.2, 0) is 11.2 Å². The second-order valence-corrected chi connectivity index (χ2v) is 5.54. The van der Waals surface area contributed by atoms with Gasteiger partial charge in [0, 0.05) is 59.0 Å². The number of nitrogens with zero attached hydrogens (tertiary/aromatic N) is 5. The fourth-order valence-electron chi connectivity index (χ4n) is 2.65. The molecule has 1 aliphatic heterocycles. The molecule has 23 heavy (non-hydrogen) atoms. The minimum absolute atomic E-state index is 0.0587. The fraction of sp³-hybridized carbons (Fsp3) is 0.733. The molecule has 128 valence electrons. The lowest BCUT2D eigenvalue weighted by Gasteiger charge is -2.37. The lowest BCUT2D eigenvalue weighted by molar-refractivity contribution is -0.132. The van der Waals surface area contributed by atoms with E-state index in [1.54, 1.807) is 16.7 Å². The van der Waals surface area contributed by atoms with Crippen LogP contribution in [0.2, 0.25) is 0 Å². The summed E-state index contributed by atoms with van der Waals surface area (Å²) in [6.07, 6.45) is 0.809. The Morgan fingerprint density at radius 3 is 2.22 bits per heavy atom. The van der Waals surface area contributed by atoms with Crippen molar-refractivity contribution in [1.29, 1.82) is 0 Å². The Hall–Kier alpha value is -2.12. The first-order valence-corrected chi connectivity index (χ1v) is 8.15. The normalized spacial score (nSPS) is 14.9. The maximum Gasteiger partial charge on any atom is 0.320 e. The Morgan fingerprint density at radius 1 is 1.09 bits per heavy atom. The van der Waals surface area contributed by atoms with Gasteiger partial charge in [-0.15, -0.1) is 10.2 Å². The van der Waals surface area contributed by atoms with Gasteiger partial charge >= 0.3 is 6.03 Å². The maximum absolute atomic E-state index is 12.3. The lowest BCUT2D eigenvalue weighted by Crippen LogP contribution is -2.54. The van der Waals surface area contributed by atoms with E-state index >= 15 is 0 Å². The molecule has 1 aromatic rings. The van der Waals surface area contributed by atoms with E-state index in [-0.39, 0.29) is 11.9 Å². The predicted molar refractivity (Wildman–Crippen MR) is 83.8 cm³/mol. The van der Waals surface area contributed by atoms with E-state index in [1.807, 2.05) is 18.7 Å². The van der Waals surface area contributed by atoms with Gasteiger partial charge in [0.1, 0.15) is 0 Å². The molecule has 8 heteroatoms. The van der Waals surface area contributed by atoms with E-state index < -0.39 is 0 Å². The number of aryl methyl sites for hydroxylation is 2. The highest BCUT2D eigenvalue weighted by atomic mass is 16.4. The number of carbonyl (C=O) groups excluding carboxylic acids is 2. The molecular weight excluding hydrogens is 298 g/mol. The lowest BCUT2D eigenvalue weighted by atomic mass is 10.2. The van der Waals surface area contributed by atoms with Gasteiger partial charge in [0.25, 0.3) is 0 Å². The van der Waals surface area contributed by atoms with E-state index in [0.29, 0.717) is 63.9 Å². The summed E-state index contributed by atoms with van der Waals surface area (Å²) in [4.78, 5) is 29.9. The first-order valence-electron chi connectivity index (χ1n) is 8.15. The molecule has 1 fully saturated rings. The molecule has 0 bridgehead atoms. The molecule has 2 heterocycles. The molecule has 0 aliphatic carbocycles.